The van der Waals surface area contributed by atoms with Crippen molar-refractivity contribution in [2.45, 2.75) is 88.9 Å². The van der Waals surface area contributed by atoms with Gasteiger partial charge in [-0.25, -0.2) is 0 Å². The molecule has 0 N–H and O–H groups in total. The quantitative estimate of drug-likeness (QED) is 0.161. The van der Waals surface area contributed by atoms with Crippen LogP contribution in [0.5, 0.6) is 0 Å². The molecule has 6 aromatic carbocycles. The maximum absolute atomic E-state index is 2.56. The number of benzene rings is 6. The van der Waals surface area contributed by atoms with Crippen molar-refractivity contribution < 1.29 is 0 Å². The molecule has 53 heavy (non-hydrogen) atoms. The third-order valence-corrected chi connectivity index (χ3v) is 13.8. The summed E-state index contributed by atoms with van der Waals surface area (Å²) in [7, 11) is 0. The van der Waals surface area contributed by atoms with Gasteiger partial charge in [0.15, 0.2) is 0 Å². The Morgan fingerprint density at radius 2 is 1.25 bits per heavy atom. The number of anilines is 3. The van der Waals surface area contributed by atoms with Crippen LogP contribution in [0.2, 0.25) is 0 Å². The predicted molar refractivity (Wildman–Crippen MR) is 224 cm³/mol. The molecule has 3 unspecified atom stereocenters. The van der Waals surface area contributed by atoms with Crippen LogP contribution in [0, 0.1) is 11.8 Å². The number of fused-ring (bicyclic) bond motifs is 5. The van der Waals surface area contributed by atoms with Crippen LogP contribution < -0.4 is 4.90 Å². The SMILES string of the molecule is CC1(C)c2cc(N(c3ccc(C4CC5CCC4C5)cc3)c3ccccc3-c3ccccc3C3CCCCC3)ccc2-c2c(-c3ccccc3)cccc21. The Morgan fingerprint density at radius 1 is 0.528 bits per heavy atom. The van der Waals surface area contributed by atoms with Crippen molar-refractivity contribution in [3.8, 4) is 33.4 Å². The number of rotatable bonds is 7. The van der Waals surface area contributed by atoms with Crippen LogP contribution in [0.15, 0.2) is 140 Å². The average Bonchev–Trinajstić information content (AvgIpc) is 3.92. The maximum atomic E-state index is 2.56. The van der Waals surface area contributed by atoms with Crippen molar-refractivity contribution >= 4 is 17.1 Å². The third kappa shape index (κ3) is 5.58. The highest BCUT2D eigenvalue weighted by Gasteiger charge is 2.40. The summed E-state index contributed by atoms with van der Waals surface area (Å²) in [5.41, 5.74) is 17.5. The Hall–Kier alpha value is -4.88. The Bertz CT molecular complexity index is 2270. The molecule has 264 valence electrons. The zero-order valence-electron chi connectivity index (χ0n) is 31.4. The Morgan fingerprint density at radius 3 is 2.02 bits per heavy atom. The van der Waals surface area contributed by atoms with Crippen LogP contribution in [0.1, 0.15) is 106 Å². The van der Waals surface area contributed by atoms with E-state index in [2.05, 4.69) is 158 Å². The van der Waals surface area contributed by atoms with Crippen molar-refractivity contribution in [1.82, 2.24) is 0 Å². The van der Waals surface area contributed by atoms with Crippen molar-refractivity contribution in [3.63, 3.8) is 0 Å². The van der Waals surface area contributed by atoms with E-state index in [4.69, 9.17) is 0 Å². The van der Waals surface area contributed by atoms with Gasteiger partial charge in [-0.05, 0) is 136 Å². The topological polar surface area (TPSA) is 3.24 Å². The first-order valence-corrected chi connectivity index (χ1v) is 20.5. The second-order valence-corrected chi connectivity index (χ2v) is 17.1. The van der Waals surface area contributed by atoms with E-state index in [9.17, 15) is 0 Å². The number of hydrogen-bond donors (Lipinski definition) is 0. The minimum atomic E-state index is -0.129. The lowest BCUT2D eigenvalue weighted by Gasteiger charge is -2.31. The summed E-state index contributed by atoms with van der Waals surface area (Å²) in [6.45, 7) is 4.83. The summed E-state index contributed by atoms with van der Waals surface area (Å²) in [6, 6.07) is 53.4. The van der Waals surface area contributed by atoms with Crippen LogP contribution >= 0.6 is 0 Å². The highest BCUT2D eigenvalue weighted by Crippen LogP contribution is 2.55. The second kappa shape index (κ2) is 13.2. The number of para-hydroxylation sites is 1. The average molecular weight is 690 g/mol. The lowest BCUT2D eigenvalue weighted by atomic mass is 9.80. The Labute approximate surface area is 316 Å². The van der Waals surface area contributed by atoms with Gasteiger partial charge in [-0.3, -0.25) is 0 Å². The van der Waals surface area contributed by atoms with Crippen LogP contribution in [-0.4, -0.2) is 0 Å². The molecule has 0 saturated heterocycles. The van der Waals surface area contributed by atoms with E-state index in [1.54, 1.807) is 0 Å². The number of nitrogens with zero attached hydrogens (tertiary/aromatic N) is 1. The van der Waals surface area contributed by atoms with Gasteiger partial charge in [-0.2, -0.15) is 0 Å². The van der Waals surface area contributed by atoms with E-state index in [1.165, 1.54) is 130 Å². The van der Waals surface area contributed by atoms with Gasteiger partial charge in [0, 0.05) is 22.4 Å². The van der Waals surface area contributed by atoms with E-state index >= 15 is 0 Å². The zero-order chi connectivity index (χ0) is 35.5. The first kappa shape index (κ1) is 32.7. The van der Waals surface area contributed by atoms with Gasteiger partial charge in [-0.1, -0.05) is 149 Å². The van der Waals surface area contributed by atoms with Gasteiger partial charge >= 0.3 is 0 Å². The van der Waals surface area contributed by atoms with Gasteiger partial charge in [0.05, 0.1) is 5.69 Å². The smallest absolute Gasteiger partial charge is 0.0540 e. The zero-order valence-corrected chi connectivity index (χ0v) is 31.4. The first-order chi connectivity index (χ1) is 26.0. The molecule has 4 aliphatic rings. The number of hydrogen-bond acceptors (Lipinski definition) is 1. The normalized spacial score (nSPS) is 21.4. The summed E-state index contributed by atoms with van der Waals surface area (Å²) in [6.07, 6.45) is 12.3. The Kier molecular flexibility index (Phi) is 8.16. The molecule has 4 aliphatic carbocycles. The molecule has 0 radical (unpaired) electrons. The molecule has 0 amide bonds. The Balaban J connectivity index is 1.13. The monoisotopic (exact) mass is 689 g/mol. The summed E-state index contributed by atoms with van der Waals surface area (Å²) >= 11 is 0. The van der Waals surface area contributed by atoms with Crippen molar-refractivity contribution in [1.29, 1.82) is 0 Å². The minimum absolute atomic E-state index is 0.129. The largest absolute Gasteiger partial charge is 0.310 e. The van der Waals surface area contributed by atoms with Crippen LogP contribution in [0.25, 0.3) is 33.4 Å². The lowest BCUT2D eigenvalue weighted by Crippen LogP contribution is -2.17. The molecule has 0 spiro atoms. The highest BCUT2D eigenvalue weighted by molar-refractivity contribution is 5.95. The second-order valence-electron chi connectivity index (χ2n) is 17.1. The fraction of sp³-hybridized carbons (Fsp3) is 0.308. The molecule has 0 aliphatic heterocycles. The molecular formula is C52H51N. The molecule has 3 fully saturated rings. The molecule has 3 saturated carbocycles. The van der Waals surface area contributed by atoms with E-state index in [0.29, 0.717) is 5.92 Å². The molecule has 1 nitrogen and oxygen atoms in total. The van der Waals surface area contributed by atoms with Crippen molar-refractivity contribution in [3.05, 3.63) is 162 Å². The summed E-state index contributed by atoms with van der Waals surface area (Å²) < 4.78 is 0. The summed E-state index contributed by atoms with van der Waals surface area (Å²) in [4.78, 5) is 2.56. The van der Waals surface area contributed by atoms with Crippen LogP contribution in [-0.2, 0) is 5.41 Å². The van der Waals surface area contributed by atoms with Gasteiger partial charge < -0.3 is 4.90 Å². The fourth-order valence-corrected chi connectivity index (χ4v) is 11.1. The van der Waals surface area contributed by atoms with Crippen molar-refractivity contribution in [2.75, 3.05) is 4.90 Å². The standard InChI is InChI=1S/C52H51N/c1-52(2)48-22-13-21-43(37-16-7-4-8-17-37)51(48)46-31-30-41(34-49(46)52)53(40-28-26-38(27-29-40)47-33-35-24-25-39(47)32-35)50-23-12-11-20-45(50)44-19-10-9-18-42(44)36-14-5-3-6-15-36/h4,7-13,16-23,26-31,34-36,39,47H,3,5-6,14-15,24-25,32-33H2,1-2H3. The molecule has 10 rings (SSSR count). The van der Waals surface area contributed by atoms with E-state index in [0.717, 1.165) is 17.8 Å². The fourth-order valence-electron chi connectivity index (χ4n) is 11.1. The molecular weight excluding hydrogens is 639 g/mol. The summed E-state index contributed by atoms with van der Waals surface area (Å²) in [5, 5.41) is 0. The van der Waals surface area contributed by atoms with E-state index < -0.39 is 0 Å². The lowest BCUT2D eigenvalue weighted by molar-refractivity contribution is 0.420. The molecule has 0 heterocycles. The van der Waals surface area contributed by atoms with Gasteiger partial charge in [0.2, 0.25) is 0 Å². The molecule has 6 aromatic rings. The van der Waals surface area contributed by atoms with Gasteiger partial charge in [0.1, 0.15) is 0 Å². The highest BCUT2D eigenvalue weighted by atomic mass is 15.1. The molecule has 1 heteroatoms. The van der Waals surface area contributed by atoms with Crippen LogP contribution in [0.4, 0.5) is 17.1 Å². The summed E-state index contributed by atoms with van der Waals surface area (Å²) in [5.74, 6) is 3.17. The molecule has 0 aromatic heterocycles. The third-order valence-electron chi connectivity index (χ3n) is 13.8. The minimum Gasteiger partial charge on any atom is -0.310 e. The predicted octanol–water partition coefficient (Wildman–Crippen LogP) is 14.7. The molecule has 2 bridgehead atoms. The molecule has 3 atom stereocenters. The van der Waals surface area contributed by atoms with E-state index in [-0.39, 0.29) is 5.41 Å². The van der Waals surface area contributed by atoms with Gasteiger partial charge in [0.25, 0.3) is 0 Å². The first-order valence-electron chi connectivity index (χ1n) is 20.5. The van der Waals surface area contributed by atoms with Crippen molar-refractivity contribution in [2.24, 2.45) is 11.8 Å². The van der Waals surface area contributed by atoms with E-state index in [1.807, 2.05) is 0 Å². The maximum Gasteiger partial charge on any atom is 0.0540 e. The van der Waals surface area contributed by atoms with Crippen LogP contribution in [0.3, 0.4) is 0 Å². The van der Waals surface area contributed by atoms with Gasteiger partial charge in [-0.15, -0.1) is 0 Å².